The Labute approximate surface area is 106 Å². The number of rotatable bonds is 3. The van der Waals surface area contributed by atoms with E-state index in [1.807, 2.05) is 31.2 Å². The van der Waals surface area contributed by atoms with Crippen LogP contribution in [0.5, 0.6) is 0 Å². The molecular formula is C12H19N3OS. The lowest BCUT2D eigenvalue weighted by atomic mass is 10.1. The third kappa shape index (κ3) is 2.37. The quantitative estimate of drug-likeness (QED) is 0.882. The highest BCUT2D eigenvalue weighted by atomic mass is 32.2. The van der Waals surface area contributed by atoms with Crippen LogP contribution in [0, 0.1) is 0 Å². The molecule has 1 unspecified atom stereocenters. The van der Waals surface area contributed by atoms with Gasteiger partial charge in [-0.15, -0.1) is 0 Å². The summed E-state index contributed by atoms with van der Waals surface area (Å²) >= 11 is 2.04. The number of aromatic nitrogens is 2. The largest absolute Gasteiger partial charge is 0.369 e. The lowest BCUT2D eigenvalue weighted by Gasteiger charge is -2.23. The molecule has 0 amide bonds. The van der Waals surface area contributed by atoms with Crippen LogP contribution in [0.25, 0.3) is 0 Å². The third-order valence-corrected chi connectivity index (χ3v) is 4.75. The third-order valence-electron chi connectivity index (χ3n) is 3.58. The van der Waals surface area contributed by atoms with Gasteiger partial charge in [-0.1, -0.05) is 0 Å². The zero-order valence-corrected chi connectivity index (χ0v) is 10.9. The maximum Gasteiger partial charge on any atom is 0.139 e. The van der Waals surface area contributed by atoms with Crippen LogP contribution >= 0.6 is 11.8 Å². The average molecular weight is 253 g/mol. The zero-order valence-electron chi connectivity index (χ0n) is 10.1. The van der Waals surface area contributed by atoms with Gasteiger partial charge in [-0.05, 0) is 18.6 Å². The van der Waals surface area contributed by atoms with Crippen molar-refractivity contribution in [1.29, 1.82) is 0 Å². The van der Waals surface area contributed by atoms with Gasteiger partial charge < -0.3 is 14.6 Å². The molecule has 3 rings (SSSR count). The molecule has 2 aliphatic heterocycles. The number of nitrogens with one attached hydrogen (secondary N) is 1. The van der Waals surface area contributed by atoms with Gasteiger partial charge in [0.25, 0.3) is 0 Å². The second kappa shape index (κ2) is 5.00. The SMILES string of the molecule is Cn1ccnc1[C@H]1OCC[C@@H]1NC1CCSC1. The number of imidazole rings is 1. The van der Waals surface area contributed by atoms with Crippen molar-refractivity contribution in [2.24, 2.45) is 7.05 Å². The Bertz CT molecular complexity index is 376. The van der Waals surface area contributed by atoms with Crippen molar-refractivity contribution in [3.63, 3.8) is 0 Å². The van der Waals surface area contributed by atoms with Gasteiger partial charge in [0.2, 0.25) is 0 Å². The van der Waals surface area contributed by atoms with E-state index in [0.29, 0.717) is 12.1 Å². The van der Waals surface area contributed by atoms with Gasteiger partial charge in [0, 0.05) is 43.9 Å². The second-order valence-electron chi connectivity index (χ2n) is 4.81. The topological polar surface area (TPSA) is 39.1 Å². The van der Waals surface area contributed by atoms with Gasteiger partial charge in [-0.3, -0.25) is 0 Å². The van der Waals surface area contributed by atoms with Crippen LogP contribution in [0.1, 0.15) is 24.8 Å². The summed E-state index contributed by atoms with van der Waals surface area (Å²) < 4.78 is 7.91. The van der Waals surface area contributed by atoms with Crippen molar-refractivity contribution in [3.05, 3.63) is 18.2 Å². The van der Waals surface area contributed by atoms with Crippen LogP contribution in [0.15, 0.2) is 12.4 Å². The summed E-state index contributed by atoms with van der Waals surface area (Å²) in [7, 11) is 2.03. The standard InChI is InChI=1S/C12H19N3OS/c1-15-5-4-13-12(15)11-10(2-6-16-11)14-9-3-7-17-8-9/h4-5,9-11,14H,2-3,6-8H2,1H3/t9?,10-,11-/m0/s1. The number of nitrogens with zero attached hydrogens (tertiary/aromatic N) is 2. The Kier molecular flexibility index (Phi) is 3.40. The van der Waals surface area contributed by atoms with Crippen LogP contribution in [0.2, 0.25) is 0 Å². The van der Waals surface area contributed by atoms with Crippen molar-refractivity contribution in [1.82, 2.24) is 14.9 Å². The van der Waals surface area contributed by atoms with Gasteiger partial charge in [-0.25, -0.2) is 4.98 Å². The van der Waals surface area contributed by atoms with Crippen molar-refractivity contribution >= 4 is 11.8 Å². The molecule has 0 aliphatic carbocycles. The Morgan fingerprint density at radius 1 is 1.53 bits per heavy atom. The molecule has 2 fully saturated rings. The molecule has 3 atom stereocenters. The Balaban J connectivity index is 1.69. The van der Waals surface area contributed by atoms with Crippen LogP contribution in [0.3, 0.4) is 0 Å². The van der Waals surface area contributed by atoms with E-state index in [2.05, 4.69) is 14.9 Å². The fourth-order valence-corrected chi connectivity index (χ4v) is 3.80. The average Bonchev–Trinajstić information content (AvgIpc) is 3.00. The fraction of sp³-hybridized carbons (Fsp3) is 0.750. The Hall–Kier alpha value is -0.520. The predicted molar refractivity (Wildman–Crippen MR) is 69.2 cm³/mol. The van der Waals surface area contributed by atoms with Crippen molar-refractivity contribution in [3.8, 4) is 0 Å². The number of hydrogen-bond acceptors (Lipinski definition) is 4. The lowest BCUT2D eigenvalue weighted by molar-refractivity contribution is 0.0878. The molecule has 0 aromatic carbocycles. The summed E-state index contributed by atoms with van der Waals surface area (Å²) in [5, 5.41) is 3.74. The normalized spacial score (nSPS) is 33.4. The molecule has 94 valence electrons. The molecule has 1 N–H and O–H groups in total. The first kappa shape index (κ1) is 11.6. The Morgan fingerprint density at radius 2 is 2.47 bits per heavy atom. The minimum atomic E-state index is 0.126. The Morgan fingerprint density at radius 3 is 3.18 bits per heavy atom. The lowest BCUT2D eigenvalue weighted by Crippen LogP contribution is -2.40. The first-order chi connectivity index (χ1) is 8.34. The molecule has 0 saturated carbocycles. The summed E-state index contributed by atoms with van der Waals surface area (Å²) in [4.78, 5) is 4.42. The first-order valence-electron chi connectivity index (χ1n) is 6.27. The number of hydrogen-bond donors (Lipinski definition) is 1. The van der Waals surface area contributed by atoms with Gasteiger partial charge in [0.15, 0.2) is 0 Å². The second-order valence-corrected chi connectivity index (χ2v) is 5.96. The monoisotopic (exact) mass is 253 g/mol. The van der Waals surface area contributed by atoms with E-state index in [-0.39, 0.29) is 6.10 Å². The van der Waals surface area contributed by atoms with Crippen molar-refractivity contribution < 1.29 is 4.74 Å². The maximum atomic E-state index is 5.85. The maximum absolute atomic E-state index is 5.85. The van der Waals surface area contributed by atoms with Crippen molar-refractivity contribution in [2.45, 2.75) is 31.0 Å². The van der Waals surface area contributed by atoms with Gasteiger partial charge in [-0.2, -0.15) is 11.8 Å². The summed E-state index contributed by atoms with van der Waals surface area (Å²) in [5.74, 6) is 3.58. The molecular weight excluding hydrogens is 234 g/mol. The molecule has 2 saturated heterocycles. The van der Waals surface area contributed by atoms with E-state index in [9.17, 15) is 0 Å². The molecule has 2 aliphatic rings. The van der Waals surface area contributed by atoms with E-state index in [1.165, 1.54) is 17.9 Å². The zero-order chi connectivity index (χ0) is 11.7. The number of ether oxygens (including phenoxy) is 1. The summed E-state index contributed by atoms with van der Waals surface area (Å²) in [6.45, 7) is 0.842. The van der Waals surface area contributed by atoms with Gasteiger partial charge in [0.05, 0.1) is 0 Å². The molecule has 5 heteroatoms. The summed E-state index contributed by atoms with van der Waals surface area (Å²) in [6, 6.07) is 1.09. The molecule has 3 heterocycles. The molecule has 0 radical (unpaired) electrons. The van der Waals surface area contributed by atoms with Gasteiger partial charge >= 0.3 is 0 Å². The molecule has 17 heavy (non-hydrogen) atoms. The van der Waals surface area contributed by atoms with Crippen LogP contribution in [-0.2, 0) is 11.8 Å². The number of aryl methyl sites for hydroxylation is 1. The smallest absolute Gasteiger partial charge is 0.139 e. The van der Waals surface area contributed by atoms with E-state index < -0.39 is 0 Å². The highest BCUT2D eigenvalue weighted by molar-refractivity contribution is 7.99. The minimum Gasteiger partial charge on any atom is -0.369 e. The summed E-state index contributed by atoms with van der Waals surface area (Å²) in [6.07, 6.45) is 6.34. The number of thioether (sulfide) groups is 1. The first-order valence-corrected chi connectivity index (χ1v) is 7.42. The van der Waals surface area contributed by atoms with Crippen LogP contribution in [-0.4, -0.2) is 39.7 Å². The van der Waals surface area contributed by atoms with Crippen LogP contribution < -0.4 is 5.32 Å². The predicted octanol–water partition coefficient (Wildman–Crippen LogP) is 1.35. The van der Waals surface area contributed by atoms with Gasteiger partial charge in [0.1, 0.15) is 11.9 Å². The van der Waals surface area contributed by atoms with Crippen LogP contribution in [0.4, 0.5) is 0 Å². The summed E-state index contributed by atoms with van der Waals surface area (Å²) in [5.41, 5.74) is 0. The highest BCUT2D eigenvalue weighted by Gasteiger charge is 2.34. The minimum absolute atomic E-state index is 0.126. The van der Waals surface area contributed by atoms with Crippen molar-refractivity contribution in [2.75, 3.05) is 18.1 Å². The highest BCUT2D eigenvalue weighted by Crippen LogP contribution is 2.29. The molecule has 1 aromatic rings. The van der Waals surface area contributed by atoms with E-state index >= 15 is 0 Å². The van der Waals surface area contributed by atoms with E-state index in [1.54, 1.807) is 0 Å². The molecule has 1 aromatic heterocycles. The molecule has 0 bridgehead atoms. The molecule has 0 spiro atoms. The van der Waals surface area contributed by atoms with E-state index in [4.69, 9.17) is 4.74 Å². The van der Waals surface area contributed by atoms with E-state index in [0.717, 1.165) is 18.9 Å². The molecule has 4 nitrogen and oxygen atoms in total. The fourth-order valence-electron chi connectivity index (χ4n) is 2.63.